The fourth-order valence-electron chi connectivity index (χ4n) is 1.88. The Morgan fingerprint density at radius 1 is 1.14 bits per heavy atom. The monoisotopic (exact) mass is 196 g/mol. The van der Waals surface area contributed by atoms with Gasteiger partial charge in [0.1, 0.15) is 0 Å². The summed E-state index contributed by atoms with van der Waals surface area (Å²) in [5.41, 5.74) is 1.56. The molecule has 0 aliphatic carbocycles. The van der Waals surface area contributed by atoms with E-state index in [0.29, 0.717) is 0 Å². The molecule has 0 saturated carbocycles. The zero-order valence-electron chi connectivity index (χ0n) is 10.6. The molecule has 0 heteroatoms. The number of hydrogen-bond donors (Lipinski definition) is 0. The molecular formula is C14H28. The van der Waals surface area contributed by atoms with Crippen molar-refractivity contribution in [2.45, 2.75) is 72.6 Å². The number of rotatable bonds is 8. The van der Waals surface area contributed by atoms with Gasteiger partial charge in [0.05, 0.1) is 0 Å². The van der Waals surface area contributed by atoms with Crippen LogP contribution in [0.1, 0.15) is 72.6 Å². The molecule has 0 nitrogen and oxygen atoms in total. The molecule has 0 rings (SSSR count). The molecule has 0 aromatic carbocycles. The molecule has 0 amide bonds. The Hall–Kier alpha value is -0.260. The van der Waals surface area contributed by atoms with Crippen molar-refractivity contribution in [2.24, 2.45) is 5.92 Å². The maximum absolute atomic E-state index is 2.33. The largest absolute Gasteiger partial charge is 0.0887 e. The van der Waals surface area contributed by atoms with Crippen molar-refractivity contribution in [2.75, 3.05) is 0 Å². The second-order valence-corrected chi connectivity index (χ2v) is 4.46. The second kappa shape index (κ2) is 9.30. The van der Waals surface area contributed by atoms with Gasteiger partial charge in [0.15, 0.2) is 0 Å². The van der Waals surface area contributed by atoms with Crippen LogP contribution in [-0.2, 0) is 0 Å². The highest BCUT2D eigenvalue weighted by Gasteiger charge is 2.05. The summed E-state index contributed by atoms with van der Waals surface area (Å²) in [4.78, 5) is 0. The Morgan fingerprint density at radius 3 is 2.36 bits per heavy atom. The molecule has 0 bridgehead atoms. The fraction of sp³-hybridized carbons (Fsp3) is 0.857. The molecule has 0 spiro atoms. The lowest BCUT2D eigenvalue weighted by Crippen LogP contribution is -1.99. The first-order valence-corrected chi connectivity index (χ1v) is 6.36. The van der Waals surface area contributed by atoms with Crippen LogP contribution in [0.25, 0.3) is 0 Å². The summed E-state index contributed by atoms with van der Waals surface area (Å²) in [6, 6.07) is 0. The van der Waals surface area contributed by atoms with Gasteiger partial charge in [-0.05, 0) is 26.2 Å². The zero-order valence-corrected chi connectivity index (χ0v) is 10.6. The molecule has 14 heavy (non-hydrogen) atoms. The quantitative estimate of drug-likeness (QED) is 0.363. The van der Waals surface area contributed by atoms with Gasteiger partial charge in [-0.25, -0.2) is 0 Å². The van der Waals surface area contributed by atoms with Crippen LogP contribution in [0.15, 0.2) is 11.6 Å². The van der Waals surface area contributed by atoms with Crippen molar-refractivity contribution >= 4 is 0 Å². The van der Waals surface area contributed by atoms with E-state index < -0.39 is 0 Å². The normalized spacial score (nSPS) is 14.4. The highest BCUT2D eigenvalue weighted by atomic mass is 14.1. The van der Waals surface area contributed by atoms with Crippen molar-refractivity contribution in [1.29, 1.82) is 0 Å². The van der Waals surface area contributed by atoms with E-state index in [2.05, 4.69) is 33.8 Å². The van der Waals surface area contributed by atoms with Crippen molar-refractivity contribution in [3.05, 3.63) is 11.6 Å². The lowest BCUT2D eigenvalue weighted by Gasteiger charge is -2.14. The molecule has 0 aromatic heterocycles. The van der Waals surface area contributed by atoms with Crippen LogP contribution in [0.5, 0.6) is 0 Å². The Balaban J connectivity index is 3.58. The van der Waals surface area contributed by atoms with Crippen LogP contribution < -0.4 is 0 Å². The van der Waals surface area contributed by atoms with Crippen LogP contribution >= 0.6 is 0 Å². The van der Waals surface area contributed by atoms with E-state index in [-0.39, 0.29) is 0 Å². The predicted octanol–water partition coefficient (Wildman–Crippen LogP) is 5.34. The van der Waals surface area contributed by atoms with Gasteiger partial charge in [-0.15, -0.1) is 0 Å². The lowest BCUT2D eigenvalue weighted by molar-refractivity contribution is 0.438. The van der Waals surface area contributed by atoms with E-state index in [1.807, 2.05) is 0 Å². The van der Waals surface area contributed by atoms with E-state index in [9.17, 15) is 0 Å². The van der Waals surface area contributed by atoms with Gasteiger partial charge in [0.2, 0.25) is 0 Å². The van der Waals surface area contributed by atoms with Crippen LogP contribution in [0.4, 0.5) is 0 Å². The van der Waals surface area contributed by atoms with Crippen LogP contribution in [0, 0.1) is 5.92 Å². The Bertz CT molecular complexity index is 144. The van der Waals surface area contributed by atoms with Crippen molar-refractivity contribution in [3.8, 4) is 0 Å². The maximum atomic E-state index is 2.33. The third-order valence-corrected chi connectivity index (χ3v) is 3.15. The molecule has 84 valence electrons. The maximum Gasteiger partial charge on any atom is -0.0295 e. The highest BCUT2D eigenvalue weighted by Crippen LogP contribution is 2.21. The highest BCUT2D eigenvalue weighted by molar-refractivity contribution is 4.96. The number of unbranched alkanes of at least 4 members (excludes halogenated alkanes) is 3. The predicted molar refractivity (Wildman–Crippen MR) is 66.6 cm³/mol. The van der Waals surface area contributed by atoms with E-state index in [1.165, 1.54) is 44.9 Å². The van der Waals surface area contributed by atoms with E-state index in [1.54, 1.807) is 5.57 Å². The van der Waals surface area contributed by atoms with Gasteiger partial charge in [-0.2, -0.15) is 0 Å². The summed E-state index contributed by atoms with van der Waals surface area (Å²) >= 11 is 0. The zero-order chi connectivity index (χ0) is 10.8. The summed E-state index contributed by atoms with van der Waals surface area (Å²) in [5.74, 6) is 0.933. The molecule has 0 aliphatic heterocycles. The molecule has 0 heterocycles. The fourth-order valence-corrected chi connectivity index (χ4v) is 1.88. The molecular weight excluding hydrogens is 168 g/mol. The van der Waals surface area contributed by atoms with Gasteiger partial charge in [-0.1, -0.05) is 64.0 Å². The SMILES string of the molecule is CC=C(C)CC(CC)CCCCCC. The van der Waals surface area contributed by atoms with Crippen molar-refractivity contribution in [1.82, 2.24) is 0 Å². The number of allylic oxidation sites excluding steroid dienone is 2. The third kappa shape index (κ3) is 7.17. The summed E-state index contributed by atoms with van der Waals surface area (Å²) < 4.78 is 0. The van der Waals surface area contributed by atoms with Gasteiger partial charge < -0.3 is 0 Å². The lowest BCUT2D eigenvalue weighted by atomic mass is 9.92. The van der Waals surface area contributed by atoms with E-state index >= 15 is 0 Å². The average molecular weight is 196 g/mol. The molecule has 1 unspecified atom stereocenters. The topological polar surface area (TPSA) is 0 Å². The van der Waals surface area contributed by atoms with Crippen LogP contribution in [0.3, 0.4) is 0 Å². The van der Waals surface area contributed by atoms with Crippen molar-refractivity contribution < 1.29 is 0 Å². The van der Waals surface area contributed by atoms with Gasteiger partial charge >= 0.3 is 0 Å². The molecule has 1 atom stereocenters. The molecule has 0 radical (unpaired) electrons. The first-order chi connectivity index (χ1) is 6.74. The molecule has 0 saturated heterocycles. The first kappa shape index (κ1) is 13.7. The molecule has 0 aromatic rings. The second-order valence-electron chi connectivity index (χ2n) is 4.46. The smallest absolute Gasteiger partial charge is 0.0295 e. The molecule has 0 N–H and O–H groups in total. The summed E-state index contributed by atoms with van der Waals surface area (Å²) in [6.07, 6.45) is 12.0. The summed E-state index contributed by atoms with van der Waals surface area (Å²) in [6.45, 7) is 9.02. The molecule has 0 fully saturated rings. The van der Waals surface area contributed by atoms with Gasteiger partial charge in [0.25, 0.3) is 0 Å². The standard InChI is InChI=1S/C14H28/c1-5-8-9-10-11-14(7-3)12-13(4)6-2/h6,14H,5,7-12H2,1-4H3. The summed E-state index contributed by atoms with van der Waals surface area (Å²) in [5, 5.41) is 0. The Morgan fingerprint density at radius 2 is 1.86 bits per heavy atom. The average Bonchev–Trinajstić information content (AvgIpc) is 2.22. The van der Waals surface area contributed by atoms with E-state index in [0.717, 1.165) is 5.92 Å². The third-order valence-electron chi connectivity index (χ3n) is 3.15. The van der Waals surface area contributed by atoms with Crippen LogP contribution in [0.2, 0.25) is 0 Å². The van der Waals surface area contributed by atoms with Gasteiger partial charge in [-0.3, -0.25) is 0 Å². The van der Waals surface area contributed by atoms with Crippen LogP contribution in [-0.4, -0.2) is 0 Å². The minimum Gasteiger partial charge on any atom is -0.0887 e. The minimum atomic E-state index is 0.933. The minimum absolute atomic E-state index is 0.933. The Kier molecular flexibility index (Phi) is 9.13. The van der Waals surface area contributed by atoms with Gasteiger partial charge in [0, 0.05) is 0 Å². The van der Waals surface area contributed by atoms with Crippen molar-refractivity contribution in [3.63, 3.8) is 0 Å². The Labute approximate surface area is 90.8 Å². The first-order valence-electron chi connectivity index (χ1n) is 6.36. The number of hydrogen-bond acceptors (Lipinski definition) is 0. The van der Waals surface area contributed by atoms with E-state index in [4.69, 9.17) is 0 Å². The molecule has 0 aliphatic rings. The summed E-state index contributed by atoms with van der Waals surface area (Å²) in [7, 11) is 0.